The van der Waals surface area contributed by atoms with Crippen LogP contribution in [0.3, 0.4) is 0 Å². The maximum atomic E-state index is 7.13. The van der Waals surface area contributed by atoms with Gasteiger partial charge in [-0.25, -0.2) is 9.53 Å². The molecule has 0 saturated heterocycles. The Hall–Kier alpha value is -2.08. The molecule has 0 atom stereocenters. The Labute approximate surface area is 95.2 Å². The molecule has 0 radical (unpaired) electrons. The van der Waals surface area contributed by atoms with Gasteiger partial charge in [0.1, 0.15) is 0 Å². The topological polar surface area (TPSA) is 22.2 Å². The van der Waals surface area contributed by atoms with Crippen LogP contribution in [0.15, 0.2) is 36.5 Å². The predicted molar refractivity (Wildman–Crippen MR) is 63.9 cm³/mol. The van der Waals surface area contributed by atoms with E-state index in [4.69, 9.17) is 6.57 Å². The third-order valence-corrected chi connectivity index (χ3v) is 2.45. The smallest absolute Gasteiger partial charge is 0.228 e. The summed E-state index contributed by atoms with van der Waals surface area (Å²) < 4.78 is 1.85. The molecule has 0 N–H and O–H groups in total. The van der Waals surface area contributed by atoms with E-state index in [-0.39, 0.29) is 5.92 Å². The van der Waals surface area contributed by atoms with Gasteiger partial charge in [0.05, 0.1) is 24.2 Å². The minimum Gasteiger partial charge on any atom is -0.249 e. The highest BCUT2D eigenvalue weighted by Gasteiger charge is 2.14. The molecule has 3 nitrogen and oxygen atoms in total. The fraction of sp³-hybridized carbons (Fsp3) is 0.231. The lowest BCUT2D eigenvalue weighted by Gasteiger charge is -2.10. The zero-order valence-corrected chi connectivity index (χ0v) is 9.38. The van der Waals surface area contributed by atoms with Crippen LogP contribution in [0, 0.1) is 6.57 Å². The first-order chi connectivity index (χ1) is 7.74. The van der Waals surface area contributed by atoms with Crippen LogP contribution in [0.5, 0.6) is 0 Å². The van der Waals surface area contributed by atoms with E-state index >= 15 is 0 Å². The normalized spacial score (nSPS) is 10.4. The first-order valence-corrected chi connectivity index (χ1v) is 5.25. The van der Waals surface area contributed by atoms with E-state index in [0.29, 0.717) is 5.69 Å². The van der Waals surface area contributed by atoms with E-state index in [1.165, 1.54) is 0 Å². The molecule has 1 heterocycles. The molecule has 1 aromatic carbocycles. The van der Waals surface area contributed by atoms with Gasteiger partial charge in [0.2, 0.25) is 5.69 Å². The average Bonchev–Trinajstić information content (AvgIpc) is 2.73. The molecule has 0 amide bonds. The van der Waals surface area contributed by atoms with Crippen LogP contribution in [0.4, 0.5) is 5.69 Å². The largest absolute Gasteiger partial charge is 0.249 e. The average molecular weight is 211 g/mol. The van der Waals surface area contributed by atoms with Crippen molar-refractivity contribution in [2.45, 2.75) is 19.8 Å². The third-order valence-electron chi connectivity index (χ3n) is 2.45. The maximum Gasteiger partial charge on any atom is 0.228 e. The van der Waals surface area contributed by atoms with Gasteiger partial charge in [-0.15, -0.1) is 0 Å². The van der Waals surface area contributed by atoms with E-state index < -0.39 is 0 Å². The lowest BCUT2D eigenvalue weighted by Crippen LogP contribution is -2.03. The molecule has 80 valence electrons. The van der Waals surface area contributed by atoms with E-state index in [1.807, 2.05) is 35.0 Å². The molecular weight excluding hydrogens is 198 g/mol. The first kappa shape index (κ1) is 10.4. The van der Waals surface area contributed by atoms with E-state index in [1.54, 1.807) is 6.20 Å². The van der Waals surface area contributed by atoms with Gasteiger partial charge in [0.15, 0.2) is 0 Å². The summed E-state index contributed by atoms with van der Waals surface area (Å²) >= 11 is 0. The van der Waals surface area contributed by atoms with Gasteiger partial charge in [0, 0.05) is 0 Å². The maximum absolute atomic E-state index is 7.13. The molecule has 0 unspecified atom stereocenters. The van der Waals surface area contributed by atoms with Crippen LogP contribution in [0.1, 0.15) is 25.5 Å². The quantitative estimate of drug-likeness (QED) is 0.696. The number of para-hydroxylation sites is 1. The number of hydrogen-bond donors (Lipinski definition) is 0. The van der Waals surface area contributed by atoms with Crippen LogP contribution in [-0.4, -0.2) is 9.78 Å². The van der Waals surface area contributed by atoms with Crippen LogP contribution in [0.2, 0.25) is 0 Å². The van der Waals surface area contributed by atoms with Crippen molar-refractivity contribution in [3.8, 4) is 5.69 Å². The molecule has 3 heteroatoms. The van der Waals surface area contributed by atoms with Crippen molar-refractivity contribution in [1.29, 1.82) is 0 Å². The number of aromatic nitrogens is 2. The summed E-state index contributed by atoms with van der Waals surface area (Å²) in [5.41, 5.74) is 2.61. The molecule has 0 bridgehead atoms. The summed E-state index contributed by atoms with van der Waals surface area (Å²) in [7, 11) is 0. The Bertz CT molecular complexity index is 518. The molecule has 0 spiro atoms. The van der Waals surface area contributed by atoms with Crippen molar-refractivity contribution >= 4 is 5.69 Å². The second kappa shape index (κ2) is 4.19. The molecule has 0 saturated carbocycles. The second-order valence-electron chi connectivity index (χ2n) is 3.93. The highest BCUT2D eigenvalue weighted by molar-refractivity contribution is 5.52. The highest BCUT2D eigenvalue weighted by Crippen LogP contribution is 2.28. The summed E-state index contributed by atoms with van der Waals surface area (Å²) in [6, 6.07) is 9.90. The molecule has 2 rings (SSSR count). The highest BCUT2D eigenvalue weighted by atomic mass is 15.3. The van der Waals surface area contributed by atoms with Crippen molar-refractivity contribution in [3.63, 3.8) is 0 Å². The van der Waals surface area contributed by atoms with Crippen molar-refractivity contribution < 1.29 is 0 Å². The molecule has 0 fully saturated rings. The lowest BCUT2D eigenvalue weighted by atomic mass is 10.1. The van der Waals surface area contributed by atoms with Gasteiger partial charge in [-0.1, -0.05) is 32.0 Å². The zero-order valence-electron chi connectivity index (χ0n) is 9.38. The summed E-state index contributed by atoms with van der Waals surface area (Å²) in [6.45, 7) is 11.3. The Kier molecular flexibility index (Phi) is 2.74. The molecule has 0 aliphatic heterocycles. The van der Waals surface area contributed by atoms with Gasteiger partial charge in [-0.2, -0.15) is 5.10 Å². The fourth-order valence-corrected chi connectivity index (χ4v) is 1.75. The molecular formula is C13H13N3. The van der Waals surface area contributed by atoms with Gasteiger partial charge in [-0.3, -0.25) is 0 Å². The first-order valence-electron chi connectivity index (χ1n) is 5.25. The second-order valence-corrected chi connectivity index (χ2v) is 3.93. The third kappa shape index (κ3) is 1.70. The van der Waals surface area contributed by atoms with Crippen LogP contribution >= 0.6 is 0 Å². The van der Waals surface area contributed by atoms with Crippen LogP contribution < -0.4 is 0 Å². The monoisotopic (exact) mass is 211 g/mol. The Morgan fingerprint density at radius 1 is 1.25 bits per heavy atom. The Morgan fingerprint density at radius 3 is 2.50 bits per heavy atom. The Morgan fingerprint density at radius 2 is 1.94 bits per heavy atom. The number of rotatable bonds is 2. The molecule has 16 heavy (non-hydrogen) atoms. The Balaban J connectivity index is 2.59. The molecule has 0 aliphatic carbocycles. The van der Waals surface area contributed by atoms with Crippen LogP contribution in [0.25, 0.3) is 10.5 Å². The van der Waals surface area contributed by atoms with Gasteiger partial charge in [-0.05, 0) is 18.1 Å². The predicted octanol–water partition coefficient (Wildman–Crippen LogP) is 3.55. The summed E-state index contributed by atoms with van der Waals surface area (Å²) in [4.78, 5) is 3.50. The zero-order chi connectivity index (χ0) is 11.5. The van der Waals surface area contributed by atoms with E-state index in [9.17, 15) is 0 Å². The number of hydrogen-bond acceptors (Lipinski definition) is 1. The summed E-state index contributed by atoms with van der Waals surface area (Å²) in [5, 5.41) is 4.28. The van der Waals surface area contributed by atoms with Crippen molar-refractivity contribution in [1.82, 2.24) is 9.78 Å². The van der Waals surface area contributed by atoms with E-state index in [2.05, 4.69) is 23.8 Å². The summed E-state index contributed by atoms with van der Waals surface area (Å²) in [6.07, 6.45) is 1.63. The summed E-state index contributed by atoms with van der Waals surface area (Å²) in [5.74, 6) is 0.284. The standard InChI is InChI=1S/C13H13N3/c1-10(2)13-12(14-3)9-15-16(13)11-7-5-4-6-8-11/h4-10H,1-2H3. The van der Waals surface area contributed by atoms with Gasteiger partial charge >= 0.3 is 0 Å². The minimum absolute atomic E-state index is 0.284. The SMILES string of the molecule is [C-]#[N+]c1cnn(-c2ccccc2)c1C(C)C. The van der Waals surface area contributed by atoms with Gasteiger partial charge in [0.25, 0.3) is 0 Å². The fourth-order valence-electron chi connectivity index (χ4n) is 1.75. The molecule has 0 aliphatic rings. The van der Waals surface area contributed by atoms with E-state index in [0.717, 1.165) is 11.4 Å². The number of nitrogens with zero attached hydrogens (tertiary/aromatic N) is 3. The van der Waals surface area contributed by atoms with Crippen molar-refractivity contribution in [2.24, 2.45) is 0 Å². The van der Waals surface area contributed by atoms with Crippen molar-refractivity contribution in [2.75, 3.05) is 0 Å². The minimum atomic E-state index is 0.284. The van der Waals surface area contributed by atoms with Crippen molar-refractivity contribution in [3.05, 3.63) is 53.6 Å². The van der Waals surface area contributed by atoms with Gasteiger partial charge < -0.3 is 0 Å². The lowest BCUT2D eigenvalue weighted by molar-refractivity contribution is 0.736. The molecule has 1 aromatic heterocycles. The molecule has 2 aromatic rings. The number of benzene rings is 1. The van der Waals surface area contributed by atoms with Crippen LogP contribution in [-0.2, 0) is 0 Å².